The van der Waals surface area contributed by atoms with Crippen LogP contribution in [0.3, 0.4) is 0 Å². The minimum atomic E-state index is -0.158. The molecule has 1 heterocycles. The summed E-state index contributed by atoms with van der Waals surface area (Å²) in [5.41, 5.74) is 5.49. The lowest BCUT2D eigenvalue weighted by Gasteiger charge is -2.34. The van der Waals surface area contributed by atoms with Gasteiger partial charge in [-0.2, -0.15) is 0 Å². The Hall–Kier alpha value is -0.190. The van der Waals surface area contributed by atoms with Crippen molar-refractivity contribution in [1.29, 1.82) is 0 Å². The molecule has 0 amide bonds. The Morgan fingerprint density at radius 3 is 1.76 bits per heavy atom. The van der Waals surface area contributed by atoms with Crippen LogP contribution in [0.1, 0.15) is 32.1 Å². The highest BCUT2D eigenvalue weighted by Crippen LogP contribution is 2.05. The summed E-state index contributed by atoms with van der Waals surface area (Å²) in [7, 11) is 0. The third kappa shape index (κ3) is 6.96. The quantitative estimate of drug-likeness (QED) is 0.625. The van der Waals surface area contributed by atoms with Gasteiger partial charge >= 0.3 is 0 Å². The molecule has 0 atom stereocenters. The van der Waals surface area contributed by atoms with E-state index >= 15 is 0 Å². The van der Waals surface area contributed by atoms with Gasteiger partial charge < -0.3 is 15.5 Å². The van der Waals surface area contributed by atoms with Crippen LogP contribution in [0.25, 0.3) is 0 Å². The zero-order chi connectivity index (χ0) is 12.3. The topological polar surface area (TPSA) is 32.5 Å². The molecule has 0 aromatic rings. The molecule has 4 heteroatoms. The first-order valence-corrected chi connectivity index (χ1v) is 7.07. The average molecular weight is 245 g/mol. The van der Waals surface area contributed by atoms with Crippen molar-refractivity contribution in [1.82, 2.24) is 9.80 Å². The fraction of sp³-hybridized carbons (Fsp3) is 1.00. The molecule has 0 aromatic carbocycles. The fourth-order valence-electron chi connectivity index (χ4n) is 2.32. The summed E-state index contributed by atoms with van der Waals surface area (Å²) in [6, 6.07) is 0. The Morgan fingerprint density at radius 2 is 1.29 bits per heavy atom. The maximum Gasteiger partial charge on any atom is 0.0894 e. The van der Waals surface area contributed by atoms with Crippen LogP contribution in [0, 0.1) is 0 Å². The van der Waals surface area contributed by atoms with Crippen molar-refractivity contribution < 1.29 is 4.39 Å². The maximum absolute atomic E-state index is 11.9. The van der Waals surface area contributed by atoms with E-state index < -0.39 is 0 Å². The molecule has 1 aliphatic rings. The second-order valence-corrected chi connectivity index (χ2v) is 4.93. The first-order valence-electron chi connectivity index (χ1n) is 7.07. The van der Waals surface area contributed by atoms with Gasteiger partial charge in [0.15, 0.2) is 0 Å². The predicted molar refractivity (Wildman–Crippen MR) is 71.0 cm³/mol. The van der Waals surface area contributed by atoms with E-state index in [0.29, 0.717) is 0 Å². The maximum atomic E-state index is 11.9. The molecule has 0 aliphatic carbocycles. The molecule has 1 saturated heterocycles. The standard InChI is InChI=1S/C13H28FN3/c14-6-2-1-4-8-16-10-12-17(13-11-16)9-5-3-7-15/h1-13,15H2. The molecule has 1 rings (SSSR count). The van der Waals surface area contributed by atoms with Gasteiger partial charge in [-0.1, -0.05) is 0 Å². The van der Waals surface area contributed by atoms with Crippen LogP contribution in [0.2, 0.25) is 0 Å². The van der Waals surface area contributed by atoms with Crippen molar-refractivity contribution in [2.45, 2.75) is 32.1 Å². The lowest BCUT2D eigenvalue weighted by atomic mass is 10.2. The molecule has 1 aliphatic heterocycles. The number of hydrogen-bond donors (Lipinski definition) is 1. The van der Waals surface area contributed by atoms with Crippen LogP contribution in [-0.4, -0.2) is 62.3 Å². The van der Waals surface area contributed by atoms with E-state index in [-0.39, 0.29) is 6.67 Å². The molecule has 1 fully saturated rings. The highest BCUT2D eigenvalue weighted by Gasteiger charge is 2.15. The first-order chi connectivity index (χ1) is 8.36. The monoisotopic (exact) mass is 245 g/mol. The molecular formula is C13H28FN3. The largest absolute Gasteiger partial charge is 0.330 e. The van der Waals surface area contributed by atoms with Gasteiger partial charge in [0.05, 0.1) is 6.67 Å². The molecular weight excluding hydrogens is 217 g/mol. The second kappa shape index (κ2) is 9.80. The molecule has 0 aromatic heterocycles. The van der Waals surface area contributed by atoms with Crippen LogP contribution < -0.4 is 5.73 Å². The summed E-state index contributed by atoms with van der Waals surface area (Å²) in [4.78, 5) is 5.05. The molecule has 0 unspecified atom stereocenters. The normalized spacial score (nSPS) is 18.7. The minimum Gasteiger partial charge on any atom is -0.330 e. The summed E-state index contributed by atoms with van der Waals surface area (Å²) >= 11 is 0. The molecule has 17 heavy (non-hydrogen) atoms. The van der Waals surface area contributed by atoms with Crippen molar-refractivity contribution in [3.8, 4) is 0 Å². The van der Waals surface area contributed by atoms with E-state index in [4.69, 9.17) is 5.73 Å². The number of piperazine rings is 1. The van der Waals surface area contributed by atoms with Gasteiger partial charge in [-0.25, -0.2) is 0 Å². The molecule has 102 valence electrons. The number of alkyl halides is 1. The van der Waals surface area contributed by atoms with Gasteiger partial charge in [0, 0.05) is 26.2 Å². The summed E-state index contributed by atoms with van der Waals surface area (Å²) < 4.78 is 11.9. The van der Waals surface area contributed by atoms with Gasteiger partial charge in [0.1, 0.15) is 0 Å². The van der Waals surface area contributed by atoms with E-state index in [1.54, 1.807) is 0 Å². The molecule has 3 nitrogen and oxygen atoms in total. The highest BCUT2D eigenvalue weighted by molar-refractivity contribution is 4.71. The van der Waals surface area contributed by atoms with Crippen LogP contribution >= 0.6 is 0 Å². The van der Waals surface area contributed by atoms with Gasteiger partial charge in [-0.3, -0.25) is 4.39 Å². The van der Waals surface area contributed by atoms with E-state index in [1.807, 2.05) is 0 Å². The Labute approximate surface area is 105 Å². The number of unbranched alkanes of at least 4 members (excludes halogenated alkanes) is 3. The summed E-state index contributed by atoms with van der Waals surface area (Å²) in [5.74, 6) is 0. The number of halogens is 1. The van der Waals surface area contributed by atoms with Crippen molar-refractivity contribution in [3.05, 3.63) is 0 Å². The van der Waals surface area contributed by atoms with Gasteiger partial charge in [-0.05, 0) is 51.7 Å². The highest BCUT2D eigenvalue weighted by atomic mass is 19.1. The van der Waals surface area contributed by atoms with Crippen molar-refractivity contribution in [3.63, 3.8) is 0 Å². The summed E-state index contributed by atoms with van der Waals surface area (Å²) in [5, 5.41) is 0. The third-order valence-corrected chi connectivity index (χ3v) is 3.50. The zero-order valence-corrected chi connectivity index (χ0v) is 11.0. The zero-order valence-electron chi connectivity index (χ0n) is 11.0. The Kier molecular flexibility index (Phi) is 8.57. The van der Waals surface area contributed by atoms with Crippen molar-refractivity contribution in [2.75, 3.05) is 52.5 Å². The van der Waals surface area contributed by atoms with Crippen LogP contribution in [0.5, 0.6) is 0 Å². The summed E-state index contributed by atoms with van der Waals surface area (Å²) in [6.45, 7) is 7.74. The lowest BCUT2D eigenvalue weighted by molar-refractivity contribution is 0.129. The number of hydrogen-bond acceptors (Lipinski definition) is 3. The number of nitrogens with zero attached hydrogens (tertiary/aromatic N) is 2. The molecule has 0 radical (unpaired) electrons. The van der Waals surface area contributed by atoms with Crippen LogP contribution in [-0.2, 0) is 0 Å². The number of rotatable bonds is 9. The Bertz CT molecular complexity index is 170. The smallest absolute Gasteiger partial charge is 0.0894 e. The van der Waals surface area contributed by atoms with E-state index in [1.165, 1.54) is 39.1 Å². The molecule has 2 N–H and O–H groups in total. The Morgan fingerprint density at radius 1 is 0.765 bits per heavy atom. The van der Waals surface area contributed by atoms with Crippen LogP contribution in [0.4, 0.5) is 4.39 Å². The number of nitrogens with two attached hydrogens (primary N) is 1. The lowest BCUT2D eigenvalue weighted by Crippen LogP contribution is -2.46. The van der Waals surface area contributed by atoms with Gasteiger partial charge in [0.25, 0.3) is 0 Å². The fourth-order valence-corrected chi connectivity index (χ4v) is 2.32. The van der Waals surface area contributed by atoms with Crippen LogP contribution in [0.15, 0.2) is 0 Å². The SMILES string of the molecule is NCCCCN1CCN(CCCCCF)CC1. The van der Waals surface area contributed by atoms with E-state index in [0.717, 1.165) is 38.8 Å². The summed E-state index contributed by atoms with van der Waals surface area (Å²) in [6.07, 6.45) is 5.29. The average Bonchev–Trinajstić information content (AvgIpc) is 2.37. The molecule has 0 bridgehead atoms. The first kappa shape index (κ1) is 14.9. The van der Waals surface area contributed by atoms with E-state index in [2.05, 4.69) is 9.80 Å². The minimum absolute atomic E-state index is 0.158. The van der Waals surface area contributed by atoms with Gasteiger partial charge in [-0.15, -0.1) is 0 Å². The molecule has 0 spiro atoms. The third-order valence-electron chi connectivity index (χ3n) is 3.50. The van der Waals surface area contributed by atoms with Gasteiger partial charge in [0.2, 0.25) is 0 Å². The van der Waals surface area contributed by atoms with E-state index in [9.17, 15) is 4.39 Å². The Balaban J connectivity index is 1.97. The van der Waals surface area contributed by atoms with Crippen molar-refractivity contribution >= 4 is 0 Å². The molecule has 0 saturated carbocycles. The predicted octanol–water partition coefficient (Wildman–Crippen LogP) is 1.48. The second-order valence-electron chi connectivity index (χ2n) is 4.93. The van der Waals surface area contributed by atoms with Crippen molar-refractivity contribution in [2.24, 2.45) is 5.73 Å².